The predicted octanol–water partition coefficient (Wildman–Crippen LogP) is 7.17. The van der Waals surface area contributed by atoms with Gasteiger partial charge in [0.2, 0.25) is 0 Å². The Bertz CT molecular complexity index is 1720. The zero-order chi connectivity index (χ0) is 37.1. The van der Waals surface area contributed by atoms with Gasteiger partial charge in [0, 0.05) is 27.7 Å². The number of hydrogen-bond donors (Lipinski definition) is 0. The molecule has 0 N–H and O–H groups in total. The van der Waals surface area contributed by atoms with Crippen molar-refractivity contribution in [2.24, 2.45) is 9.98 Å². The Hall–Kier alpha value is -4.88. The molecule has 0 radical (unpaired) electrons. The number of ether oxygens (including phenoxy) is 4. The van der Waals surface area contributed by atoms with Crippen molar-refractivity contribution < 1.29 is 47.7 Å². The van der Waals surface area contributed by atoms with E-state index in [1.807, 2.05) is 0 Å². The van der Waals surface area contributed by atoms with Crippen LogP contribution in [0.4, 0.5) is 11.4 Å². The van der Waals surface area contributed by atoms with Gasteiger partial charge in [-0.2, -0.15) is 0 Å². The summed E-state index contributed by atoms with van der Waals surface area (Å²) in [6, 6.07) is 9.72. The highest BCUT2D eigenvalue weighted by molar-refractivity contribution is 6.40. The molecule has 2 aliphatic rings. The lowest BCUT2D eigenvalue weighted by Crippen LogP contribution is -2.29. The van der Waals surface area contributed by atoms with E-state index in [2.05, 4.69) is 9.98 Å². The largest absolute Gasteiger partial charge is 0.421 e. The fraction of sp³-hybridized carbons (Fsp3) is 0.176. The second kappa shape index (κ2) is 18.2. The first kappa shape index (κ1) is 39.6. The van der Waals surface area contributed by atoms with Crippen LogP contribution < -0.4 is 0 Å². The van der Waals surface area contributed by atoms with Crippen molar-refractivity contribution in [1.29, 1.82) is 0 Å². The minimum absolute atomic E-state index is 0.105. The van der Waals surface area contributed by atoms with Gasteiger partial charge < -0.3 is 18.9 Å². The quantitative estimate of drug-likeness (QED) is 0.153. The maximum Gasteiger partial charge on any atom is 0.305 e. The number of benzene rings is 2. The van der Waals surface area contributed by atoms with Crippen molar-refractivity contribution in [3.8, 4) is 0 Å². The number of para-hydroxylation sites is 2. The number of esters is 4. The van der Waals surface area contributed by atoms with E-state index in [9.17, 15) is 28.8 Å². The van der Waals surface area contributed by atoms with Crippen LogP contribution >= 0.6 is 46.4 Å². The van der Waals surface area contributed by atoms with Gasteiger partial charge in [0.1, 0.15) is 11.4 Å². The van der Waals surface area contributed by atoms with E-state index in [4.69, 9.17) is 65.4 Å². The summed E-state index contributed by atoms with van der Waals surface area (Å²) >= 11 is 24.4. The molecule has 12 nitrogen and oxygen atoms in total. The van der Waals surface area contributed by atoms with E-state index < -0.39 is 36.5 Å². The molecule has 0 aliphatic heterocycles. The molecule has 0 unspecified atom stereocenters. The molecule has 4 rings (SSSR count). The monoisotopic (exact) mass is 762 g/mol. The summed E-state index contributed by atoms with van der Waals surface area (Å²) in [5.74, 6) is -3.51. The predicted molar refractivity (Wildman–Crippen MR) is 186 cm³/mol. The second-order valence-corrected chi connectivity index (χ2v) is 11.5. The Balaban J connectivity index is 0.000000270. The van der Waals surface area contributed by atoms with Crippen LogP contribution in [0.3, 0.4) is 0 Å². The third kappa shape index (κ3) is 11.6. The van der Waals surface area contributed by atoms with Crippen molar-refractivity contribution in [2.45, 2.75) is 40.3 Å². The molecule has 0 amide bonds. The summed E-state index contributed by atoms with van der Waals surface area (Å²) in [6.07, 6.45) is 4.85. The topological polar surface area (TPSA) is 164 Å². The van der Waals surface area contributed by atoms with Gasteiger partial charge in [-0.15, -0.1) is 0 Å². The highest BCUT2D eigenvalue weighted by Crippen LogP contribution is 2.35. The Morgan fingerprint density at radius 1 is 0.520 bits per heavy atom. The number of hydrogen-bond acceptors (Lipinski definition) is 12. The SMILES string of the molecule is CC(=O)OC(OC(C)=O)C1=CC(=O)C=CC1=Nc1c(Cl)cccc1Cl.CC(=O)OC(OC(C)=O)C1=CC(=O)C=CC1=Nc1c(Cl)cccc1Cl. The Labute approximate surface area is 305 Å². The summed E-state index contributed by atoms with van der Waals surface area (Å²) in [4.78, 5) is 77.4. The van der Waals surface area contributed by atoms with Crippen LogP contribution in [-0.2, 0) is 47.7 Å². The number of carbonyl (C=O) groups is 6. The molecule has 2 aromatic rings. The lowest BCUT2D eigenvalue weighted by molar-refractivity contribution is -0.179. The number of allylic oxidation sites excluding steroid dienone is 6. The van der Waals surface area contributed by atoms with Crippen LogP contribution in [0.25, 0.3) is 0 Å². The normalized spacial score (nSPS) is 15.3. The Kier molecular flexibility index (Phi) is 14.4. The van der Waals surface area contributed by atoms with Crippen molar-refractivity contribution in [3.63, 3.8) is 0 Å². The molecule has 0 heterocycles. The van der Waals surface area contributed by atoms with E-state index in [0.717, 1.165) is 27.7 Å². The van der Waals surface area contributed by atoms with Crippen LogP contribution in [0, 0.1) is 0 Å². The van der Waals surface area contributed by atoms with E-state index in [0.29, 0.717) is 20.1 Å². The Morgan fingerprint density at radius 2 is 0.800 bits per heavy atom. The molecule has 0 saturated carbocycles. The highest BCUT2D eigenvalue weighted by atomic mass is 35.5. The van der Waals surface area contributed by atoms with E-state index in [1.165, 1.54) is 36.5 Å². The fourth-order valence-corrected chi connectivity index (χ4v) is 4.95. The first-order valence-corrected chi connectivity index (χ1v) is 15.7. The second-order valence-electron chi connectivity index (χ2n) is 9.91. The molecule has 2 aromatic carbocycles. The van der Waals surface area contributed by atoms with Crippen molar-refractivity contribution in [3.05, 3.63) is 104 Å². The Morgan fingerprint density at radius 3 is 1.06 bits per heavy atom. The van der Waals surface area contributed by atoms with Gasteiger partial charge in [0.05, 0.1) is 42.7 Å². The molecule has 16 heteroatoms. The average molecular weight is 764 g/mol. The first-order chi connectivity index (χ1) is 23.5. The molecular formula is C34H26Cl4N2O10. The van der Waals surface area contributed by atoms with Gasteiger partial charge in [-0.1, -0.05) is 58.5 Å². The summed E-state index contributed by atoms with van der Waals surface area (Å²) in [7, 11) is 0. The number of halogens is 4. The molecule has 0 fully saturated rings. The lowest BCUT2D eigenvalue weighted by Gasteiger charge is -2.21. The zero-order valence-corrected chi connectivity index (χ0v) is 29.6. The van der Waals surface area contributed by atoms with Gasteiger partial charge in [0.15, 0.2) is 11.6 Å². The van der Waals surface area contributed by atoms with Gasteiger partial charge >= 0.3 is 23.9 Å². The summed E-state index contributed by atoms with van der Waals surface area (Å²) < 4.78 is 20.0. The smallest absolute Gasteiger partial charge is 0.305 e. The minimum Gasteiger partial charge on any atom is -0.421 e. The number of nitrogens with zero attached hydrogens (tertiary/aromatic N) is 2. The number of rotatable bonds is 8. The molecule has 260 valence electrons. The maximum absolute atomic E-state index is 11.7. The van der Waals surface area contributed by atoms with Crippen LogP contribution in [-0.4, -0.2) is 59.4 Å². The zero-order valence-electron chi connectivity index (χ0n) is 26.6. The third-order valence-electron chi connectivity index (χ3n) is 5.94. The average Bonchev–Trinajstić information content (AvgIpc) is 3.01. The fourth-order valence-electron chi connectivity index (χ4n) is 3.98. The van der Waals surface area contributed by atoms with Crippen molar-refractivity contribution >= 4 is 105 Å². The van der Waals surface area contributed by atoms with Crippen LogP contribution in [0.5, 0.6) is 0 Å². The molecule has 0 atom stereocenters. The molecule has 2 aliphatic carbocycles. The summed E-state index contributed by atoms with van der Waals surface area (Å²) in [5.41, 5.74) is 1.21. The van der Waals surface area contributed by atoms with Crippen molar-refractivity contribution in [2.75, 3.05) is 0 Å². The maximum atomic E-state index is 11.7. The number of aliphatic imine (C=N–C) groups is 2. The molecule has 0 bridgehead atoms. The molecule has 0 aromatic heterocycles. The van der Waals surface area contributed by atoms with Crippen molar-refractivity contribution in [1.82, 2.24) is 0 Å². The summed E-state index contributed by atoms with van der Waals surface area (Å²) in [5, 5.41) is 1.17. The molecular weight excluding hydrogens is 738 g/mol. The van der Waals surface area contributed by atoms with Gasteiger partial charge in [0.25, 0.3) is 12.6 Å². The summed E-state index contributed by atoms with van der Waals surface area (Å²) in [6.45, 7) is 4.61. The number of carbonyl (C=O) groups excluding carboxylic acids is 6. The van der Waals surface area contributed by atoms with Gasteiger partial charge in [-0.05, 0) is 60.7 Å². The standard InChI is InChI=1S/2C17H13Cl2NO5/c2*1-9(21)24-17(25-10(2)22)12-8-11(23)6-7-15(12)20-16-13(18)4-3-5-14(16)19/h2*3-8,17H,1-2H3. The molecule has 0 spiro atoms. The van der Waals surface area contributed by atoms with Gasteiger partial charge in [-0.25, -0.2) is 9.98 Å². The van der Waals surface area contributed by atoms with E-state index in [1.54, 1.807) is 36.4 Å². The molecule has 50 heavy (non-hydrogen) atoms. The van der Waals surface area contributed by atoms with Crippen LogP contribution in [0.2, 0.25) is 20.1 Å². The highest BCUT2D eigenvalue weighted by Gasteiger charge is 2.29. The minimum atomic E-state index is -1.41. The lowest BCUT2D eigenvalue weighted by atomic mass is 10.0. The first-order valence-electron chi connectivity index (χ1n) is 14.2. The van der Waals surface area contributed by atoms with Crippen LogP contribution in [0.1, 0.15) is 27.7 Å². The van der Waals surface area contributed by atoms with E-state index >= 15 is 0 Å². The van der Waals surface area contributed by atoms with Gasteiger partial charge in [-0.3, -0.25) is 28.8 Å². The number of ketones is 2. The third-order valence-corrected chi connectivity index (χ3v) is 7.16. The van der Waals surface area contributed by atoms with E-state index in [-0.39, 0.29) is 45.5 Å². The van der Waals surface area contributed by atoms with Crippen LogP contribution in [0.15, 0.2) is 94.0 Å². The molecule has 0 saturated heterocycles.